The maximum absolute atomic E-state index is 12.5. The molecule has 0 radical (unpaired) electrons. The molecule has 4 heteroatoms. The molecule has 2 saturated carbocycles. The fourth-order valence-corrected chi connectivity index (χ4v) is 5.25. The number of carbonyl (C=O) groups is 2. The van der Waals surface area contributed by atoms with E-state index in [1.54, 1.807) is 0 Å². The fraction of sp³-hybridized carbons (Fsp3) is 0.882. The number of hydrogen-bond donors (Lipinski definition) is 0. The van der Waals surface area contributed by atoms with Gasteiger partial charge in [0.15, 0.2) is 0 Å². The van der Waals surface area contributed by atoms with Crippen molar-refractivity contribution in [1.29, 1.82) is 0 Å². The molecule has 0 aromatic rings. The standard InChI is InChI=1S/C17H26O4/c1-8(2)7-20-15(18)12-10-6-11-14(12)21-16(19)17(11,5)13(10)9(3)4/h8-14H,6-7H2,1-5H3. The molecule has 3 aliphatic rings. The van der Waals surface area contributed by atoms with Gasteiger partial charge in [-0.2, -0.15) is 0 Å². The van der Waals surface area contributed by atoms with Crippen molar-refractivity contribution in [3.8, 4) is 0 Å². The Morgan fingerprint density at radius 1 is 1.38 bits per heavy atom. The van der Waals surface area contributed by atoms with E-state index in [0.717, 1.165) is 6.42 Å². The highest BCUT2D eigenvalue weighted by Gasteiger charge is 2.74. The van der Waals surface area contributed by atoms with E-state index in [2.05, 4.69) is 13.8 Å². The van der Waals surface area contributed by atoms with Gasteiger partial charge in [-0.25, -0.2) is 0 Å². The molecular formula is C17H26O4. The third-order valence-corrected chi connectivity index (χ3v) is 5.89. The summed E-state index contributed by atoms with van der Waals surface area (Å²) in [6, 6.07) is 0. The summed E-state index contributed by atoms with van der Waals surface area (Å²) in [5, 5.41) is 0. The van der Waals surface area contributed by atoms with E-state index in [4.69, 9.17) is 9.47 Å². The van der Waals surface area contributed by atoms with Gasteiger partial charge in [-0.15, -0.1) is 0 Å². The van der Waals surface area contributed by atoms with Crippen molar-refractivity contribution in [3.05, 3.63) is 0 Å². The average Bonchev–Trinajstić information content (AvgIpc) is 2.93. The highest BCUT2D eigenvalue weighted by molar-refractivity contribution is 5.85. The Labute approximate surface area is 126 Å². The zero-order chi connectivity index (χ0) is 15.5. The number of fused-ring (bicyclic) bond motifs is 1. The number of ether oxygens (including phenoxy) is 2. The molecule has 1 saturated heterocycles. The molecular weight excluding hydrogens is 268 g/mol. The molecule has 3 rings (SSSR count). The van der Waals surface area contributed by atoms with Gasteiger partial charge < -0.3 is 9.47 Å². The number of carbonyl (C=O) groups excluding carboxylic acids is 2. The van der Waals surface area contributed by atoms with Crippen LogP contribution in [0.1, 0.15) is 41.0 Å². The van der Waals surface area contributed by atoms with E-state index in [1.807, 2.05) is 20.8 Å². The van der Waals surface area contributed by atoms with Crippen LogP contribution < -0.4 is 0 Å². The third kappa shape index (κ3) is 1.87. The van der Waals surface area contributed by atoms with Crippen molar-refractivity contribution in [2.75, 3.05) is 6.61 Å². The molecule has 0 spiro atoms. The minimum absolute atomic E-state index is 0.0992. The summed E-state index contributed by atoms with van der Waals surface area (Å²) in [5.74, 6) is 0.837. The smallest absolute Gasteiger partial charge is 0.313 e. The normalized spacial score (nSPS) is 43.8. The monoisotopic (exact) mass is 294 g/mol. The van der Waals surface area contributed by atoms with E-state index in [1.165, 1.54) is 0 Å². The summed E-state index contributed by atoms with van der Waals surface area (Å²) in [7, 11) is 0. The Hall–Kier alpha value is -1.06. The van der Waals surface area contributed by atoms with Gasteiger partial charge >= 0.3 is 11.9 Å². The molecule has 0 aromatic heterocycles. The van der Waals surface area contributed by atoms with Gasteiger partial charge in [-0.1, -0.05) is 27.7 Å². The van der Waals surface area contributed by atoms with Crippen LogP contribution in [-0.4, -0.2) is 24.6 Å². The Morgan fingerprint density at radius 2 is 2.05 bits per heavy atom. The van der Waals surface area contributed by atoms with Gasteiger partial charge in [0, 0.05) is 5.92 Å². The van der Waals surface area contributed by atoms with E-state index >= 15 is 0 Å². The van der Waals surface area contributed by atoms with Crippen LogP contribution in [0.15, 0.2) is 0 Å². The summed E-state index contributed by atoms with van der Waals surface area (Å²) >= 11 is 0. The van der Waals surface area contributed by atoms with Crippen molar-refractivity contribution in [2.24, 2.45) is 40.9 Å². The summed E-state index contributed by atoms with van der Waals surface area (Å²) < 4.78 is 11.1. The van der Waals surface area contributed by atoms with Gasteiger partial charge in [-0.3, -0.25) is 9.59 Å². The van der Waals surface area contributed by atoms with Crippen LogP contribution in [0.5, 0.6) is 0 Å². The van der Waals surface area contributed by atoms with E-state index in [0.29, 0.717) is 18.4 Å². The molecule has 6 unspecified atom stereocenters. The van der Waals surface area contributed by atoms with E-state index in [9.17, 15) is 9.59 Å². The first-order chi connectivity index (χ1) is 9.78. The maximum atomic E-state index is 12.5. The summed E-state index contributed by atoms with van der Waals surface area (Å²) in [5.41, 5.74) is -0.391. The zero-order valence-corrected chi connectivity index (χ0v) is 13.6. The Morgan fingerprint density at radius 3 is 2.62 bits per heavy atom. The second kappa shape index (κ2) is 4.72. The second-order valence-corrected chi connectivity index (χ2v) is 7.98. The van der Waals surface area contributed by atoms with Crippen molar-refractivity contribution >= 4 is 11.9 Å². The van der Waals surface area contributed by atoms with Gasteiger partial charge in [0.2, 0.25) is 0 Å². The lowest BCUT2D eigenvalue weighted by Crippen LogP contribution is -2.46. The van der Waals surface area contributed by atoms with Gasteiger partial charge in [-0.05, 0) is 37.0 Å². The maximum Gasteiger partial charge on any atom is 0.313 e. The van der Waals surface area contributed by atoms with Crippen molar-refractivity contribution in [2.45, 2.75) is 47.1 Å². The highest BCUT2D eigenvalue weighted by atomic mass is 16.6. The quantitative estimate of drug-likeness (QED) is 0.748. The predicted molar refractivity (Wildman–Crippen MR) is 77.2 cm³/mol. The summed E-state index contributed by atoms with van der Waals surface area (Å²) in [6.07, 6.45) is 0.680. The number of rotatable bonds is 4. The molecule has 1 heterocycles. The van der Waals surface area contributed by atoms with Crippen molar-refractivity contribution in [3.63, 3.8) is 0 Å². The molecule has 4 nitrogen and oxygen atoms in total. The predicted octanol–water partition coefficient (Wildman–Crippen LogP) is 2.66. The van der Waals surface area contributed by atoms with Gasteiger partial charge in [0.25, 0.3) is 0 Å². The second-order valence-electron chi connectivity index (χ2n) is 7.98. The van der Waals surface area contributed by atoms with Crippen LogP contribution in [0.2, 0.25) is 0 Å². The number of hydrogen-bond acceptors (Lipinski definition) is 4. The first-order valence-electron chi connectivity index (χ1n) is 8.16. The van der Waals surface area contributed by atoms with Crippen LogP contribution in [0.4, 0.5) is 0 Å². The molecule has 2 bridgehead atoms. The molecule has 3 fully saturated rings. The zero-order valence-electron chi connectivity index (χ0n) is 13.6. The van der Waals surface area contributed by atoms with Crippen molar-refractivity contribution < 1.29 is 19.1 Å². The minimum atomic E-state index is -0.391. The van der Waals surface area contributed by atoms with Crippen LogP contribution in [-0.2, 0) is 19.1 Å². The van der Waals surface area contributed by atoms with Crippen LogP contribution in [0, 0.1) is 40.9 Å². The summed E-state index contributed by atoms with van der Waals surface area (Å²) in [6.45, 7) is 10.8. The van der Waals surface area contributed by atoms with E-state index < -0.39 is 5.41 Å². The lowest BCUT2D eigenvalue weighted by molar-refractivity contribution is -0.158. The Bertz CT molecular complexity index is 469. The first kappa shape index (κ1) is 14.9. The Kier molecular flexibility index (Phi) is 3.34. The topological polar surface area (TPSA) is 52.6 Å². The lowest BCUT2D eigenvalue weighted by Gasteiger charge is -2.38. The molecule has 118 valence electrons. The lowest BCUT2D eigenvalue weighted by atomic mass is 9.61. The average molecular weight is 294 g/mol. The SMILES string of the molecule is CC(C)COC(=O)C1C2CC3C1OC(=O)C3(C)C2C(C)C. The van der Waals surface area contributed by atoms with E-state index in [-0.39, 0.29) is 41.7 Å². The largest absolute Gasteiger partial charge is 0.465 e. The molecule has 1 aliphatic heterocycles. The summed E-state index contributed by atoms with van der Waals surface area (Å²) in [4.78, 5) is 24.9. The molecule has 2 aliphatic carbocycles. The third-order valence-electron chi connectivity index (χ3n) is 5.89. The highest BCUT2D eigenvalue weighted by Crippen LogP contribution is 2.68. The molecule has 0 amide bonds. The Balaban J connectivity index is 1.86. The molecule has 0 N–H and O–H groups in total. The molecule has 0 aromatic carbocycles. The van der Waals surface area contributed by atoms with Crippen LogP contribution >= 0.6 is 0 Å². The van der Waals surface area contributed by atoms with Crippen LogP contribution in [0.3, 0.4) is 0 Å². The minimum Gasteiger partial charge on any atom is -0.465 e. The van der Waals surface area contributed by atoms with Gasteiger partial charge in [0.1, 0.15) is 6.10 Å². The van der Waals surface area contributed by atoms with Crippen LogP contribution in [0.25, 0.3) is 0 Å². The molecule has 21 heavy (non-hydrogen) atoms. The fourth-order valence-electron chi connectivity index (χ4n) is 5.25. The van der Waals surface area contributed by atoms with Gasteiger partial charge in [0.05, 0.1) is 17.9 Å². The van der Waals surface area contributed by atoms with Crippen molar-refractivity contribution in [1.82, 2.24) is 0 Å². The first-order valence-corrected chi connectivity index (χ1v) is 8.16. The number of esters is 2. The molecule has 6 atom stereocenters.